The Labute approximate surface area is 195 Å². The monoisotopic (exact) mass is 451 g/mol. The van der Waals surface area contributed by atoms with Gasteiger partial charge in [-0.15, -0.1) is 0 Å². The molecular weight excluding hydrogens is 418 g/mol. The van der Waals surface area contributed by atoms with Crippen LogP contribution in [0.25, 0.3) is 11.3 Å². The molecule has 8 heteroatoms. The molecule has 0 spiro atoms. The third-order valence-corrected chi connectivity index (χ3v) is 7.01. The molecule has 1 aromatic heterocycles. The van der Waals surface area contributed by atoms with Gasteiger partial charge in [0.2, 0.25) is 11.9 Å². The summed E-state index contributed by atoms with van der Waals surface area (Å²) in [6.45, 7) is 0.974. The van der Waals surface area contributed by atoms with Crippen molar-refractivity contribution in [2.75, 3.05) is 37.5 Å². The maximum Gasteiger partial charge on any atom is 0.223 e. The number of rotatable bonds is 6. The van der Waals surface area contributed by atoms with Gasteiger partial charge in [0, 0.05) is 37.5 Å². The average molecular weight is 452 g/mol. The van der Waals surface area contributed by atoms with Crippen LogP contribution in [0.2, 0.25) is 0 Å². The molecule has 8 nitrogen and oxygen atoms in total. The molecule has 176 valence electrons. The Morgan fingerprint density at radius 3 is 2.39 bits per heavy atom. The summed E-state index contributed by atoms with van der Waals surface area (Å²) in [5.41, 5.74) is 3.04. The molecule has 3 aliphatic rings. The number of hydrogen-bond donors (Lipinski definition) is 2. The molecule has 1 aliphatic carbocycles. The lowest BCUT2D eigenvalue weighted by Crippen LogP contribution is -2.47. The number of anilines is 2. The molecule has 2 N–H and O–H groups in total. The van der Waals surface area contributed by atoms with Crippen LogP contribution in [0.3, 0.4) is 0 Å². The van der Waals surface area contributed by atoms with E-state index in [1.54, 1.807) is 6.20 Å². The van der Waals surface area contributed by atoms with Crippen molar-refractivity contribution in [2.45, 2.75) is 56.4 Å². The third kappa shape index (κ3) is 4.82. The number of benzene rings is 1. The molecular formula is C25H33N5O3. The van der Waals surface area contributed by atoms with Crippen molar-refractivity contribution in [1.82, 2.24) is 15.3 Å². The van der Waals surface area contributed by atoms with Crippen LogP contribution in [0.5, 0.6) is 0 Å². The standard InChI is InChI=1S/C25H33N5O3/c1-30(2)18-10-8-16(9-11-18)19-12-13-26-25(28-19)29-21-15-33-22-20(14-32-23(21)22)27-24(31)17-6-4-3-5-7-17/h8-13,17,20-23H,3-7,14-15H2,1-2H3,(H,27,31)(H,26,28,29)/t20-,21+,22-,23+/m0/s1. The molecule has 2 saturated heterocycles. The minimum atomic E-state index is -0.142. The molecule has 2 aromatic rings. The molecule has 1 saturated carbocycles. The zero-order chi connectivity index (χ0) is 22.8. The van der Waals surface area contributed by atoms with Gasteiger partial charge in [-0.3, -0.25) is 4.79 Å². The van der Waals surface area contributed by atoms with Crippen LogP contribution in [0.4, 0.5) is 11.6 Å². The van der Waals surface area contributed by atoms with Gasteiger partial charge in [0.25, 0.3) is 0 Å². The van der Waals surface area contributed by atoms with E-state index >= 15 is 0 Å². The van der Waals surface area contributed by atoms with Crippen LogP contribution in [0, 0.1) is 5.92 Å². The fraction of sp³-hybridized carbons (Fsp3) is 0.560. The molecule has 0 radical (unpaired) electrons. The van der Waals surface area contributed by atoms with Crippen molar-refractivity contribution >= 4 is 17.5 Å². The van der Waals surface area contributed by atoms with Gasteiger partial charge in [0.15, 0.2) is 0 Å². The van der Waals surface area contributed by atoms with Gasteiger partial charge in [-0.1, -0.05) is 31.4 Å². The number of hydrogen-bond acceptors (Lipinski definition) is 7. The number of carbonyl (C=O) groups excluding carboxylic acids is 1. The summed E-state index contributed by atoms with van der Waals surface area (Å²) in [5, 5.41) is 6.59. The molecule has 1 aromatic carbocycles. The smallest absolute Gasteiger partial charge is 0.223 e. The predicted octanol–water partition coefficient (Wildman–Crippen LogP) is 2.85. The zero-order valence-corrected chi connectivity index (χ0v) is 19.4. The first-order valence-corrected chi connectivity index (χ1v) is 12.0. The number of aromatic nitrogens is 2. The Balaban J connectivity index is 1.20. The second kappa shape index (κ2) is 9.65. The Morgan fingerprint density at radius 1 is 0.970 bits per heavy atom. The van der Waals surface area contributed by atoms with Crippen molar-refractivity contribution in [1.29, 1.82) is 0 Å². The van der Waals surface area contributed by atoms with Gasteiger partial charge in [0.05, 0.1) is 31.0 Å². The van der Waals surface area contributed by atoms with E-state index in [2.05, 4.69) is 44.8 Å². The topological polar surface area (TPSA) is 88.6 Å². The maximum absolute atomic E-state index is 12.7. The largest absolute Gasteiger partial charge is 0.378 e. The van der Waals surface area contributed by atoms with Gasteiger partial charge in [0.1, 0.15) is 12.2 Å². The number of ether oxygens (including phenoxy) is 2. The Morgan fingerprint density at radius 2 is 1.67 bits per heavy atom. The summed E-state index contributed by atoms with van der Waals surface area (Å²) in [6.07, 6.45) is 7.00. The van der Waals surface area contributed by atoms with E-state index in [9.17, 15) is 4.79 Å². The van der Waals surface area contributed by atoms with Gasteiger partial charge < -0.3 is 25.0 Å². The highest BCUT2D eigenvalue weighted by molar-refractivity contribution is 5.79. The Kier molecular flexibility index (Phi) is 6.46. The Hall–Kier alpha value is -2.71. The highest BCUT2D eigenvalue weighted by Gasteiger charge is 2.48. The molecule has 33 heavy (non-hydrogen) atoms. The fourth-order valence-corrected chi connectivity index (χ4v) is 5.10. The van der Waals surface area contributed by atoms with E-state index in [0.717, 1.165) is 42.6 Å². The van der Waals surface area contributed by atoms with Crippen LogP contribution < -0.4 is 15.5 Å². The molecule has 0 unspecified atom stereocenters. The van der Waals surface area contributed by atoms with E-state index in [4.69, 9.17) is 14.5 Å². The SMILES string of the molecule is CN(C)c1ccc(-c2ccnc(N[C@@H]3CO[C@@H]4[C@@H]3OC[C@@H]4NC(=O)C3CCCCC3)n2)cc1. The van der Waals surface area contributed by atoms with Gasteiger partial charge in [-0.25, -0.2) is 9.97 Å². The number of amides is 1. The minimum Gasteiger partial charge on any atom is -0.378 e. The Bertz CT molecular complexity index is 961. The molecule has 3 fully saturated rings. The van der Waals surface area contributed by atoms with Crippen molar-refractivity contribution in [3.05, 3.63) is 36.5 Å². The molecule has 5 rings (SSSR count). The first kappa shape index (κ1) is 22.1. The average Bonchev–Trinajstić information content (AvgIpc) is 3.43. The number of nitrogens with one attached hydrogen (secondary N) is 2. The van der Waals surface area contributed by atoms with Crippen molar-refractivity contribution < 1.29 is 14.3 Å². The minimum absolute atomic E-state index is 0.0575. The zero-order valence-electron chi connectivity index (χ0n) is 19.4. The number of carbonyl (C=O) groups is 1. The van der Waals surface area contributed by atoms with Crippen LogP contribution in [0.1, 0.15) is 32.1 Å². The number of fused-ring (bicyclic) bond motifs is 1. The summed E-state index contributed by atoms with van der Waals surface area (Å²) < 4.78 is 12.1. The number of nitrogens with zero attached hydrogens (tertiary/aromatic N) is 3. The summed E-state index contributed by atoms with van der Waals surface area (Å²) in [6, 6.07) is 10.0. The van der Waals surface area contributed by atoms with Crippen LogP contribution >= 0.6 is 0 Å². The van der Waals surface area contributed by atoms with E-state index in [-0.39, 0.29) is 36.1 Å². The first-order chi connectivity index (χ1) is 16.1. The van der Waals surface area contributed by atoms with E-state index in [1.807, 2.05) is 20.2 Å². The van der Waals surface area contributed by atoms with Crippen molar-refractivity contribution in [3.8, 4) is 11.3 Å². The summed E-state index contributed by atoms with van der Waals surface area (Å²) in [4.78, 5) is 23.9. The van der Waals surface area contributed by atoms with Crippen molar-refractivity contribution in [2.24, 2.45) is 5.92 Å². The van der Waals surface area contributed by atoms with Gasteiger partial charge in [-0.2, -0.15) is 0 Å². The van der Waals surface area contributed by atoms with E-state index < -0.39 is 0 Å². The molecule has 2 aliphatic heterocycles. The second-order valence-electron chi connectivity index (χ2n) is 9.50. The lowest BCUT2D eigenvalue weighted by Gasteiger charge is -2.24. The van der Waals surface area contributed by atoms with E-state index in [0.29, 0.717) is 19.2 Å². The van der Waals surface area contributed by atoms with E-state index in [1.165, 1.54) is 6.42 Å². The highest BCUT2D eigenvalue weighted by Crippen LogP contribution is 2.30. The van der Waals surface area contributed by atoms with Crippen LogP contribution in [-0.4, -0.2) is 67.5 Å². The van der Waals surface area contributed by atoms with Crippen molar-refractivity contribution in [3.63, 3.8) is 0 Å². The summed E-state index contributed by atoms with van der Waals surface area (Å²) in [5.74, 6) is 0.841. The first-order valence-electron chi connectivity index (χ1n) is 12.0. The summed E-state index contributed by atoms with van der Waals surface area (Å²) in [7, 11) is 4.05. The van der Waals surface area contributed by atoms with Crippen LogP contribution in [-0.2, 0) is 14.3 Å². The van der Waals surface area contributed by atoms with Crippen LogP contribution in [0.15, 0.2) is 36.5 Å². The highest BCUT2D eigenvalue weighted by atomic mass is 16.6. The summed E-state index contributed by atoms with van der Waals surface area (Å²) >= 11 is 0. The lowest BCUT2D eigenvalue weighted by molar-refractivity contribution is -0.127. The normalized spacial score (nSPS) is 27.2. The third-order valence-electron chi connectivity index (χ3n) is 7.01. The van der Waals surface area contributed by atoms with Gasteiger partial charge in [-0.05, 0) is 31.0 Å². The fourth-order valence-electron chi connectivity index (χ4n) is 5.10. The molecule has 4 atom stereocenters. The molecule has 1 amide bonds. The molecule has 3 heterocycles. The molecule has 0 bridgehead atoms. The maximum atomic E-state index is 12.7. The predicted molar refractivity (Wildman–Crippen MR) is 127 cm³/mol. The lowest BCUT2D eigenvalue weighted by atomic mass is 9.88. The van der Waals surface area contributed by atoms with Gasteiger partial charge >= 0.3 is 0 Å². The second-order valence-corrected chi connectivity index (χ2v) is 9.50. The quantitative estimate of drug-likeness (QED) is 0.698.